The molecule has 3 rings (SSSR count). The zero-order chi connectivity index (χ0) is 16.9. The summed E-state index contributed by atoms with van der Waals surface area (Å²) in [5, 5.41) is 2.83. The quantitative estimate of drug-likeness (QED) is 0.836. The van der Waals surface area contributed by atoms with Gasteiger partial charge in [-0.2, -0.15) is 0 Å². The maximum atomic E-state index is 13.2. The van der Waals surface area contributed by atoms with E-state index in [1.165, 1.54) is 17.7 Å². The lowest BCUT2D eigenvalue weighted by Gasteiger charge is -2.32. The van der Waals surface area contributed by atoms with Crippen molar-refractivity contribution in [2.75, 3.05) is 18.4 Å². The first-order valence-corrected chi connectivity index (χ1v) is 8.93. The molecule has 0 bridgehead atoms. The summed E-state index contributed by atoms with van der Waals surface area (Å²) in [7, 11) is 0. The number of carbonyl (C=O) groups is 1. The molecule has 3 nitrogen and oxygen atoms in total. The van der Waals surface area contributed by atoms with E-state index in [0.29, 0.717) is 5.69 Å². The molecule has 0 radical (unpaired) electrons. The van der Waals surface area contributed by atoms with Crippen LogP contribution in [-0.2, 0) is 11.3 Å². The van der Waals surface area contributed by atoms with Gasteiger partial charge in [-0.1, -0.05) is 34.1 Å². The molecule has 0 aliphatic carbocycles. The molecule has 0 saturated carbocycles. The molecule has 1 aliphatic heterocycles. The first kappa shape index (κ1) is 17.1. The molecule has 0 aromatic heterocycles. The molecule has 2 aromatic rings. The highest BCUT2D eigenvalue weighted by Crippen LogP contribution is 2.21. The summed E-state index contributed by atoms with van der Waals surface area (Å²) < 4.78 is 14.3. The summed E-state index contributed by atoms with van der Waals surface area (Å²) >= 11 is 3.49. The minimum atomic E-state index is -0.340. The average molecular weight is 391 g/mol. The third-order valence-electron chi connectivity index (χ3n) is 4.26. The summed E-state index contributed by atoms with van der Waals surface area (Å²) in [6.45, 7) is 2.56. The fourth-order valence-corrected chi connectivity index (χ4v) is 3.56. The molecule has 2 aromatic carbocycles. The third kappa shape index (κ3) is 4.65. The molecule has 5 heteroatoms. The van der Waals surface area contributed by atoms with Crippen molar-refractivity contribution in [1.29, 1.82) is 0 Å². The topological polar surface area (TPSA) is 32.3 Å². The van der Waals surface area contributed by atoms with Gasteiger partial charge in [-0.05, 0) is 55.3 Å². The van der Waals surface area contributed by atoms with Gasteiger partial charge in [-0.15, -0.1) is 0 Å². The van der Waals surface area contributed by atoms with Crippen LogP contribution in [0.4, 0.5) is 10.1 Å². The summed E-state index contributed by atoms with van der Waals surface area (Å²) in [6.07, 6.45) is 1.87. The molecule has 1 N–H and O–H groups in total. The Morgan fingerprint density at radius 2 is 2.08 bits per heavy atom. The van der Waals surface area contributed by atoms with Gasteiger partial charge in [0.1, 0.15) is 5.82 Å². The number of nitrogens with one attached hydrogen (secondary N) is 1. The van der Waals surface area contributed by atoms with Crippen LogP contribution in [0.3, 0.4) is 0 Å². The van der Waals surface area contributed by atoms with Crippen molar-refractivity contribution in [3.8, 4) is 0 Å². The maximum absolute atomic E-state index is 13.2. The molecular formula is C19H20BrFN2O. The van der Waals surface area contributed by atoms with Crippen LogP contribution >= 0.6 is 15.9 Å². The molecule has 1 amide bonds. The van der Waals surface area contributed by atoms with Crippen LogP contribution < -0.4 is 5.32 Å². The molecule has 126 valence electrons. The standard InChI is InChI=1S/C19H20BrFN2O/c20-16-6-1-4-14(10-16)12-23-9-3-5-15(13-23)19(24)22-18-8-2-7-17(21)11-18/h1-2,4,6-8,10-11,15H,3,5,9,12-13H2,(H,22,24). The zero-order valence-electron chi connectivity index (χ0n) is 13.3. The number of anilines is 1. The number of halogens is 2. The van der Waals surface area contributed by atoms with Crippen LogP contribution in [0.5, 0.6) is 0 Å². The predicted octanol–water partition coefficient (Wildman–Crippen LogP) is 4.44. The number of amides is 1. The fraction of sp³-hybridized carbons (Fsp3) is 0.316. The van der Waals surface area contributed by atoms with Crippen molar-refractivity contribution in [2.45, 2.75) is 19.4 Å². The summed E-state index contributed by atoms with van der Waals surface area (Å²) in [5.41, 5.74) is 1.75. The second-order valence-electron chi connectivity index (χ2n) is 6.20. The number of hydrogen-bond donors (Lipinski definition) is 1. The van der Waals surface area contributed by atoms with Gasteiger partial charge < -0.3 is 5.32 Å². The van der Waals surface area contributed by atoms with Crippen LogP contribution in [0.25, 0.3) is 0 Å². The Balaban J connectivity index is 1.59. The van der Waals surface area contributed by atoms with Crippen LogP contribution in [0.15, 0.2) is 53.0 Å². The van der Waals surface area contributed by atoms with Crippen molar-refractivity contribution < 1.29 is 9.18 Å². The Hall–Kier alpha value is -1.72. The number of nitrogens with zero attached hydrogens (tertiary/aromatic N) is 1. The van der Waals surface area contributed by atoms with Gasteiger partial charge in [0.25, 0.3) is 0 Å². The van der Waals surface area contributed by atoms with Crippen LogP contribution in [0, 0.1) is 11.7 Å². The van der Waals surface area contributed by atoms with Gasteiger partial charge in [0.2, 0.25) is 5.91 Å². The highest BCUT2D eigenvalue weighted by atomic mass is 79.9. The van der Waals surface area contributed by atoms with E-state index in [1.807, 2.05) is 12.1 Å². The molecule has 1 fully saturated rings. The van der Waals surface area contributed by atoms with Crippen molar-refractivity contribution in [1.82, 2.24) is 4.90 Å². The van der Waals surface area contributed by atoms with E-state index in [1.54, 1.807) is 12.1 Å². The minimum Gasteiger partial charge on any atom is -0.326 e. The van der Waals surface area contributed by atoms with E-state index in [0.717, 1.165) is 36.9 Å². The molecule has 1 saturated heterocycles. The third-order valence-corrected chi connectivity index (χ3v) is 4.76. The molecule has 1 atom stereocenters. The Morgan fingerprint density at radius 3 is 2.88 bits per heavy atom. The largest absolute Gasteiger partial charge is 0.326 e. The smallest absolute Gasteiger partial charge is 0.228 e. The first-order chi connectivity index (χ1) is 11.6. The van der Waals surface area contributed by atoms with Gasteiger partial charge in [0.05, 0.1) is 5.92 Å². The summed E-state index contributed by atoms with van der Waals surface area (Å²) in [4.78, 5) is 14.8. The lowest BCUT2D eigenvalue weighted by molar-refractivity contribution is -0.121. The SMILES string of the molecule is O=C(Nc1cccc(F)c1)C1CCCN(Cc2cccc(Br)c2)C1. The van der Waals surface area contributed by atoms with E-state index in [2.05, 4.69) is 38.3 Å². The molecule has 1 unspecified atom stereocenters. The van der Waals surface area contributed by atoms with Crippen molar-refractivity contribution in [2.24, 2.45) is 5.92 Å². The Kier molecular flexibility index (Phi) is 5.63. The molecule has 0 spiro atoms. The van der Waals surface area contributed by atoms with Gasteiger partial charge >= 0.3 is 0 Å². The first-order valence-electron chi connectivity index (χ1n) is 8.13. The zero-order valence-corrected chi connectivity index (χ0v) is 14.9. The second-order valence-corrected chi connectivity index (χ2v) is 7.12. The highest BCUT2D eigenvalue weighted by Gasteiger charge is 2.25. The Labute approximate surface area is 150 Å². The lowest BCUT2D eigenvalue weighted by Crippen LogP contribution is -2.40. The number of likely N-dealkylation sites (tertiary alicyclic amines) is 1. The number of benzene rings is 2. The van der Waals surface area contributed by atoms with Gasteiger partial charge in [0.15, 0.2) is 0 Å². The minimum absolute atomic E-state index is 0.0282. The Bertz CT molecular complexity index is 722. The Morgan fingerprint density at radius 1 is 1.25 bits per heavy atom. The lowest BCUT2D eigenvalue weighted by atomic mass is 9.96. The van der Waals surface area contributed by atoms with E-state index >= 15 is 0 Å². The predicted molar refractivity (Wildman–Crippen MR) is 97.2 cm³/mol. The van der Waals surface area contributed by atoms with Crippen molar-refractivity contribution in [3.63, 3.8) is 0 Å². The van der Waals surface area contributed by atoms with E-state index < -0.39 is 0 Å². The molecule has 1 aliphatic rings. The van der Waals surface area contributed by atoms with Crippen LogP contribution in [-0.4, -0.2) is 23.9 Å². The number of hydrogen-bond acceptors (Lipinski definition) is 2. The monoisotopic (exact) mass is 390 g/mol. The normalized spacial score (nSPS) is 18.3. The molecule has 1 heterocycles. The van der Waals surface area contributed by atoms with E-state index in [9.17, 15) is 9.18 Å². The van der Waals surface area contributed by atoms with E-state index in [-0.39, 0.29) is 17.6 Å². The highest BCUT2D eigenvalue weighted by molar-refractivity contribution is 9.10. The van der Waals surface area contributed by atoms with Crippen LogP contribution in [0.2, 0.25) is 0 Å². The number of rotatable bonds is 4. The fourth-order valence-electron chi connectivity index (χ4n) is 3.12. The van der Waals surface area contributed by atoms with Crippen molar-refractivity contribution in [3.05, 3.63) is 64.4 Å². The van der Waals surface area contributed by atoms with E-state index in [4.69, 9.17) is 0 Å². The van der Waals surface area contributed by atoms with Gasteiger partial charge in [0, 0.05) is 23.2 Å². The average Bonchev–Trinajstić information content (AvgIpc) is 2.55. The number of piperidine rings is 1. The summed E-state index contributed by atoms with van der Waals surface area (Å²) in [6, 6.07) is 14.3. The van der Waals surface area contributed by atoms with Gasteiger partial charge in [-0.25, -0.2) is 4.39 Å². The second kappa shape index (κ2) is 7.90. The molecular weight excluding hydrogens is 371 g/mol. The maximum Gasteiger partial charge on any atom is 0.228 e. The summed E-state index contributed by atoms with van der Waals surface area (Å²) in [5.74, 6) is -0.429. The van der Waals surface area contributed by atoms with Crippen LogP contribution in [0.1, 0.15) is 18.4 Å². The van der Waals surface area contributed by atoms with Crippen molar-refractivity contribution >= 4 is 27.5 Å². The van der Waals surface area contributed by atoms with Gasteiger partial charge in [-0.3, -0.25) is 9.69 Å². The molecule has 24 heavy (non-hydrogen) atoms. The number of carbonyl (C=O) groups excluding carboxylic acids is 1.